The molecule has 2 unspecified atom stereocenters. The van der Waals surface area contributed by atoms with Crippen LogP contribution in [0.4, 0.5) is 13.2 Å². The third kappa shape index (κ3) is 9.33. The highest BCUT2D eigenvalue weighted by Gasteiger charge is 2.37. The van der Waals surface area contributed by atoms with Gasteiger partial charge in [-0.2, -0.15) is 8.78 Å². The number of allylic oxidation sites excluding steroid dienone is 5. The van der Waals surface area contributed by atoms with E-state index < -0.39 is 17.1 Å². The van der Waals surface area contributed by atoms with Gasteiger partial charge in [-0.05, 0) is 100 Å². The highest BCUT2D eigenvalue weighted by Crippen LogP contribution is 2.46. The fourth-order valence-electron chi connectivity index (χ4n) is 6.43. The zero-order valence-corrected chi connectivity index (χ0v) is 25.3. The molecule has 3 aliphatic rings. The summed E-state index contributed by atoms with van der Waals surface area (Å²) in [5, 5.41) is 0. The lowest BCUT2D eigenvalue weighted by Gasteiger charge is -2.36. The summed E-state index contributed by atoms with van der Waals surface area (Å²) in [6, 6.07) is 6.46. The number of alkyl halides is 2. The van der Waals surface area contributed by atoms with Gasteiger partial charge in [-0.1, -0.05) is 54.5 Å². The fourth-order valence-corrected chi connectivity index (χ4v) is 7.72. The predicted octanol–water partition coefficient (Wildman–Crippen LogP) is 9.02. The summed E-state index contributed by atoms with van der Waals surface area (Å²) in [6.45, 7) is 4.70. The molecule has 0 amide bonds. The number of hydrogen-bond donors (Lipinski definition) is 0. The van der Waals surface area contributed by atoms with Crippen LogP contribution in [0.1, 0.15) is 88.2 Å². The zero-order valence-electron chi connectivity index (χ0n) is 24.5. The van der Waals surface area contributed by atoms with Crippen LogP contribution < -0.4 is 0 Å². The maximum atomic E-state index is 16.1. The summed E-state index contributed by atoms with van der Waals surface area (Å²) < 4.78 is 61.5. The van der Waals surface area contributed by atoms with Gasteiger partial charge in [0.25, 0.3) is 5.92 Å². The molecule has 4 rings (SSSR count). The van der Waals surface area contributed by atoms with Gasteiger partial charge in [0.05, 0.1) is 12.0 Å². The monoisotopic (exact) mass is 589 g/mol. The maximum absolute atomic E-state index is 16.1. The molecule has 1 saturated heterocycles. The van der Waals surface area contributed by atoms with Gasteiger partial charge in [-0.3, -0.25) is 4.99 Å². The minimum atomic E-state index is -3.02. The van der Waals surface area contributed by atoms with Crippen LogP contribution in [-0.4, -0.2) is 36.0 Å². The van der Waals surface area contributed by atoms with Crippen LogP contribution in [0.3, 0.4) is 0 Å². The van der Waals surface area contributed by atoms with Crippen molar-refractivity contribution in [3.8, 4) is 0 Å². The number of aryl methyl sites for hydroxylation is 1. The van der Waals surface area contributed by atoms with Gasteiger partial charge < -0.3 is 9.29 Å². The quantitative estimate of drug-likeness (QED) is 0.116. The Balaban J connectivity index is 1.36. The average Bonchev–Trinajstić information content (AvgIpc) is 3.79. The van der Waals surface area contributed by atoms with Crippen LogP contribution >= 0.6 is 0 Å². The molecule has 1 saturated carbocycles. The molecule has 0 N–H and O–H groups in total. The van der Waals surface area contributed by atoms with Crippen molar-refractivity contribution in [1.82, 2.24) is 0 Å². The van der Waals surface area contributed by atoms with E-state index in [2.05, 4.69) is 12.7 Å². The van der Waals surface area contributed by atoms with Gasteiger partial charge >= 0.3 is 0 Å². The predicted molar refractivity (Wildman–Crippen MR) is 164 cm³/mol. The van der Waals surface area contributed by atoms with Crippen LogP contribution in [0.25, 0.3) is 0 Å². The molecule has 2 aliphatic heterocycles. The van der Waals surface area contributed by atoms with E-state index in [0.29, 0.717) is 24.1 Å². The SMILES string of the molecule is C=CC(F)(F)c1ccc(CCCC(C2=C(F)/C(CCCCC3(C[S+](C)[O-])CCOCC3)=C\CC/C=N\2)C2CC2)cc1. The first-order chi connectivity index (χ1) is 19.7. The summed E-state index contributed by atoms with van der Waals surface area (Å²) >= 11 is -0.835. The zero-order chi connectivity index (χ0) is 29.3. The third-order valence-electron chi connectivity index (χ3n) is 9.01. The van der Waals surface area contributed by atoms with Crippen molar-refractivity contribution < 1.29 is 22.5 Å². The molecule has 1 aliphatic carbocycles. The summed E-state index contributed by atoms with van der Waals surface area (Å²) in [5.41, 5.74) is 2.45. The van der Waals surface area contributed by atoms with Crippen molar-refractivity contribution in [2.45, 2.75) is 89.4 Å². The van der Waals surface area contributed by atoms with Crippen LogP contribution in [0.5, 0.6) is 0 Å². The number of hydrogen-bond acceptors (Lipinski definition) is 3. The molecule has 1 aromatic carbocycles. The second-order valence-electron chi connectivity index (χ2n) is 12.2. The topological polar surface area (TPSA) is 44.6 Å². The second-order valence-corrected chi connectivity index (χ2v) is 13.6. The van der Waals surface area contributed by atoms with Gasteiger partial charge in [0.15, 0.2) is 0 Å². The molecular formula is C34H46F3NO2S. The van der Waals surface area contributed by atoms with E-state index in [1.165, 1.54) is 12.1 Å². The lowest BCUT2D eigenvalue weighted by molar-refractivity contribution is 0.0203. The molecule has 226 valence electrons. The van der Waals surface area contributed by atoms with Crippen LogP contribution in [0.2, 0.25) is 0 Å². The Hall–Kier alpha value is -1.83. The Labute approximate surface area is 247 Å². The lowest BCUT2D eigenvalue weighted by atomic mass is 9.77. The van der Waals surface area contributed by atoms with E-state index in [-0.39, 0.29) is 22.7 Å². The molecule has 2 fully saturated rings. The lowest BCUT2D eigenvalue weighted by Crippen LogP contribution is -2.36. The first kappa shape index (κ1) is 32.1. The van der Waals surface area contributed by atoms with Gasteiger partial charge in [-0.15, -0.1) is 0 Å². The largest absolute Gasteiger partial charge is 0.617 e. The number of ether oxygens (including phenoxy) is 1. The molecule has 2 heterocycles. The molecule has 1 aromatic rings. The minimum absolute atomic E-state index is 0.0502. The third-order valence-corrected chi connectivity index (χ3v) is 10.0. The molecular weight excluding hydrogens is 543 g/mol. The van der Waals surface area contributed by atoms with E-state index in [4.69, 9.17) is 9.73 Å². The standard InChI is InChI=1S/C34H46F3NO2S/c1-3-34(36,37)29-17-13-26(14-18-29)9-8-12-30(27-15-16-27)32-31(35)28(11-5-7-22-38-32)10-4-6-19-33(25-41(2)39)20-23-40-24-21-33/h3,11,13-14,17-18,22,27,30H,1,4-10,12,15-16,19-21,23-25H2,2H3/b28-11-,32-31+,38-22-. The average molecular weight is 590 g/mol. The second kappa shape index (κ2) is 15.1. The van der Waals surface area contributed by atoms with E-state index in [1.807, 2.05) is 6.21 Å². The molecule has 0 radical (unpaired) electrons. The van der Waals surface area contributed by atoms with Crippen molar-refractivity contribution in [3.05, 3.63) is 71.2 Å². The van der Waals surface area contributed by atoms with Gasteiger partial charge in [-0.25, -0.2) is 4.39 Å². The van der Waals surface area contributed by atoms with Crippen molar-refractivity contribution in [2.75, 3.05) is 25.2 Å². The smallest absolute Gasteiger partial charge is 0.291 e. The molecule has 3 nitrogen and oxygen atoms in total. The molecule has 2 atom stereocenters. The number of halogens is 3. The van der Waals surface area contributed by atoms with E-state index >= 15 is 4.39 Å². The first-order valence-corrected chi connectivity index (χ1v) is 17.1. The first-order valence-electron chi connectivity index (χ1n) is 15.3. The van der Waals surface area contributed by atoms with Crippen LogP contribution in [-0.2, 0) is 28.3 Å². The Bertz CT molecular complexity index is 1090. The van der Waals surface area contributed by atoms with Gasteiger partial charge in [0.2, 0.25) is 0 Å². The van der Waals surface area contributed by atoms with Gasteiger partial charge in [0, 0.05) is 36.3 Å². The molecule has 0 aromatic heterocycles. The number of unbranched alkanes of at least 4 members (excludes halogenated alkanes) is 1. The highest BCUT2D eigenvalue weighted by atomic mass is 32.2. The number of aliphatic imine (C=N–C) groups is 1. The van der Waals surface area contributed by atoms with Crippen molar-refractivity contribution in [2.24, 2.45) is 22.2 Å². The van der Waals surface area contributed by atoms with Crippen molar-refractivity contribution in [1.29, 1.82) is 0 Å². The normalized spacial score (nSPS) is 25.0. The summed E-state index contributed by atoms with van der Waals surface area (Å²) in [6.07, 6.45) is 18.2. The number of rotatable bonds is 15. The van der Waals surface area contributed by atoms with E-state index in [0.717, 1.165) is 107 Å². The summed E-state index contributed by atoms with van der Waals surface area (Å²) in [5.74, 6) is -1.89. The van der Waals surface area contributed by atoms with E-state index in [9.17, 15) is 13.3 Å². The maximum Gasteiger partial charge on any atom is 0.291 e. The van der Waals surface area contributed by atoms with Gasteiger partial charge in [0.1, 0.15) is 11.6 Å². The van der Waals surface area contributed by atoms with Crippen molar-refractivity contribution in [3.63, 3.8) is 0 Å². The minimum Gasteiger partial charge on any atom is -0.617 e. The number of nitrogens with zero attached hydrogens (tertiary/aromatic N) is 1. The summed E-state index contributed by atoms with van der Waals surface area (Å²) in [4.78, 5) is 4.69. The van der Waals surface area contributed by atoms with Crippen molar-refractivity contribution >= 4 is 17.4 Å². The van der Waals surface area contributed by atoms with Crippen LogP contribution in [0.15, 0.2) is 65.1 Å². The number of benzene rings is 1. The Morgan fingerprint density at radius 1 is 1.12 bits per heavy atom. The molecule has 0 spiro atoms. The molecule has 0 bridgehead atoms. The summed E-state index contributed by atoms with van der Waals surface area (Å²) in [7, 11) is 0. The fraction of sp³-hybridized carbons (Fsp3) is 0.618. The Morgan fingerprint density at radius 3 is 2.51 bits per heavy atom. The molecule has 41 heavy (non-hydrogen) atoms. The Morgan fingerprint density at radius 2 is 1.85 bits per heavy atom. The van der Waals surface area contributed by atoms with E-state index in [1.54, 1.807) is 18.4 Å². The molecule has 7 heteroatoms. The highest BCUT2D eigenvalue weighted by molar-refractivity contribution is 7.90. The Kier molecular flexibility index (Phi) is 11.8. The van der Waals surface area contributed by atoms with Crippen LogP contribution in [0, 0.1) is 17.3 Å².